The van der Waals surface area contributed by atoms with Crippen LogP contribution in [0.5, 0.6) is 5.75 Å². The summed E-state index contributed by atoms with van der Waals surface area (Å²) < 4.78 is 34.1. The van der Waals surface area contributed by atoms with Crippen LogP contribution in [0, 0.1) is 0 Å². The molecule has 0 aliphatic carbocycles. The Labute approximate surface area is 183 Å². The first kappa shape index (κ1) is 20.4. The third-order valence-electron chi connectivity index (χ3n) is 4.97. The van der Waals surface area contributed by atoms with E-state index in [9.17, 15) is 13.2 Å². The highest BCUT2D eigenvalue weighted by Gasteiger charge is 2.31. The average Bonchev–Trinajstić information content (AvgIpc) is 3.20. The average molecular weight is 487 g/mol. The number of para-hydroxylation sites is 2. The fourth-order valence-corrected chi connectivity index (χ4v) is 5.38. The zero-order chi connectivity index (χ0) is 21.3. The third kappa shape index (κ3) is 3.68. The molecule has 8 heteroatoms. The van der Waals surface area contributed by atoms with Gasteiger partial charge in [-0.1, -0.05) is 30.3 Å². The van der Waals surface area contributed by atoms with Crippen molar-refractivity contribution in [2.45, 2.75) is 11.3 Å². The Kier molecular flexibility index (Phi) is 5.53. The van der Waals surface area contributed by atoms with Crippen molar-refractivity contribution in [2.24, 2.45) is 0 Å². The number of carbonyl (C=O) groups excluding carboxylic acids is 1. The highest BCUT2D eigenvalue weighted by atomic mass is 79.9. The van der Waals surface area contributed by atoms with Crippen molar-refractivity contribution in [2.75, 3.05) is 23.3 Å². The van der Waals surface area contributed by atoms with Gasteiger partial charge in [0.25, 0.3) is 15.9 Å². The van der Waals surface area contributed by atoms with Crippen molar-refractivity contribution in [3.63, 3.8) is 0 Å². The number of halogens is 1. The van der Waals surface area contributed by atoms with Gasteiger partial charge >= 0.3 is 0 Å². The number of fused-ring (bicyclic) bond motifs is 1. The highest BCUT2D eigenvalue weighted by Crippen LogP contribution is 2.34. The molecule has 6 nitrogen and oxygen atoms in total. The first-order valence-corrected chi connectivity index (χ1v) is 11.5. The summed E-state index contributed by atoms with van der Waals surface area (Å²) in [5.41, 5.74) is 2.38. The summed E-state index contributed by atoms with van der Waals surface area (Å²) in [6, 6.07) is 18.9. The van der Waals surface area contributed by atoms with Crippen LogP contribution in [0.15, 0.2) is 76.1 Å². The van der Waals surface area contributed by atoms with Crippen molar-refractivity contribution in [3.05, 3.63) is 82.3 Å². The number of amides is 1. The summed E-state index contributed by atoms with van der Waals surface area (Å²) in [6.45, 7) is 0.367. The largest absolute Gasteiger partial charge is 0.496 e. The molecule has 0 aromatic heterocycles. The monoisotopic (exact) mass is 486 g/mol. The number of hydrogen-bond donors (Lipinski definition) is 1. The lowest BCUT2D eigenvalue weighted by molar-refractivity contribution is 0.102. The quantitative estimate of drug-likeness (QED) is 0.577. The number of anilines is 2. The van der Waals surface area contributed by atoms with Gasteiger partial charge in [-0.2, -0.15) is 0 Å². The molecule has 1 heterocycles. The van der Waals surface area contributed by atoms with Gasteiger partial charge in [-0.05, 0) is 64.3 Å². The molecular formula is C22H19BrN2O4S. The Bertz CT molecular complexity index is 1230. The summed E-state index contributed by atoms with van der Waals surface area (Å²) >= 11 is 3.39. The fourth-order valence-electron chi connectivity index (χ4n) is 3.46. The molecule has 4 rings (SSSR count). The van der Waals surface area contributed by atoms with Gasteiger partial charge in [0.1, 0.15) is 5.75 Å². The third-order valence-corrected chi connectivity index (χ3v) is 7.47. The van der Waals surface area contributed by atoms with Crippen molar-refractivity contribution in [3.8, 4) is 5.75 Å². The molecule has 1 amide bonds. The second-order valence-corrected chi connectivity index (χ2v) is 9.47. The Morgan fingerprint density at radius 1 is 1.07 bits per heavy atom. The first-order valence-electron chi connectivity index (χ1n) is 9.26. The van der Waals surface area contributed by atoms with Crippen molar-refractivity contribution < 1.29 is 17.9 Å². The molecule has 0 radical (unpaired) electrons. The maximum Gasteiger partial charge on any atom is 0.264 e. The molecule has 0 saturated carbocycles. The van der Waals surface area contributed by atoms with Crippen molar-refractivity contribution >= 4 is 43.2 Å². The minimum absolute atomic E-state index is 0.0391. The molecule has 30 heavy (non-hydrogen) atoms. The number of ether oxygens (including phenoxy) is 1. The van der Waals surface area contributed by atoms with Gasteiger partial charge in [0.15, 0.2) is 0 Å². The predicted octanol–water partition coefficient (Wildman–Crippen LogP) is 4.46. The van der Waals surface area contributed by atoms with Crippen LogP contribution in [-0.4, -0.2) is 28.0 Å². The highest BCUT2D eigenvalue weighted by molar-refractivity contribution is 9.10. The van der Waals surface area contributed by atoms with Gasteiger partial charge < -0.3 is 10.1 Å². The maximum atomic E-state index is 13.3. The second kappa shape index (κ2) is 8.12. The fraction of sp³-hybridized carbons (Fsp3) is 0.136. The minimum Gasteiger partial charge on any atom is -0.496 e. The molecular weight excluding hydrogens is 468 g/mol. The van der Waals surface area contributed by atoms with Crippen molar-refractivity contribution in [1.82, 2.24) is 0 Å². The van der Waals surface area contributed by atoms with E-state index in [0.717, 1.165) is 10.0 Å². The lowest BCUT2D eigenvalue weighted by Crippen LogP contribution is -2.29. The molecule has 154 valence electrons. The number of rotatable bonds is 5. The normalized spacial score (nSPS) is 13.1. The predicted molar refractivity (Wildman–Crippen MR) is 120 cm³/mol. The van der Waals surface area contributed by atoms with Crippen LogP contribution >= 0.6 is 15.9 Å². The van der Waals surface area contributed by atoms with Gasteiger partial charge in [0.2, 0.25) is 0 Å². The molecule has 1 aliphatic heterocycles. The summed E-state index contributed by atoms with van der Waals surface area (Å²) in [5, 5.41) is 2.79. The van der Waals surface area contributed by atoms with E-state index < -0.39 is 15.9 Å². The molecule has 0 atom stereocenters. The van der Waals surface area contributed by atoms with Gasteiger partial charge in [-0.3, -0.25) is 9.10 Å². The number of nitrogens with zero attached hydrogens (tertiary/aromatic N) is 1. The molecule has 0 fully saturated rings. The molecule has 0 saturated heterocycles. The Morgan fingerprint density at radius 3 is 2.57 bits per heavy atom. The van der Waals surface area contributed by atoms with Crippen LogP contribution in [-0.2, 0) is 16.4 Å². The van der Waals surface area contributed by atoms with Gasteiger partial charge in [-0.15, -0.1) is 0 Å². The molecule has 3 aromatic rings. The number of benzene rings is 3. The van der Waals surface area contributed by atoms with E-state index in [1.807, 2.05) is 24.3 Å². The van der Waals surface area contributed by atoms with E-state index in [1.54, 1.807) is 24.3 Å². The summed E-state index contributed by atoms with van der Waals surface area (Å²) in [6.07, 6.45) is 0.654. The van der Waals surface area contributed by atoms with E-state index in [2.05, 4.69) is 21.2 Å². The second-order valence-electron chi connectivity index (χ2n) is 6.75. The maximum absolute atomic E-state index is 13.3. The molecule has 0 bridgehead atoms. The number of carbonyl (C=O) groups is 1. The lowest BCUT2D eigenvalue weighted by Gasteiger charge is -2.20. The Morgan fingerprint density at radius 2 is 1.80 bits per heavy atom. The van der Waals surface area contributed by atoms with E-state index in [4.69, 9.17) is 4.74 Å². The van der Waals surface area contributed by atoms with E-state index in [1.165, 1.54) is 29.6 Å². The summed E-state index contributed by atoms with van der Waals surface area (Å²) in [7, 11) is -2.39. The molecule has 0 unspecified atom stereocenters. The molecule has 0 spiro atoms. The SMILES string of the molecule is COc1ccc(S(=O)(=O)N2CCc3ccccc32)cc1C(=O)Nc1ccccc1Br. The lowest BCUT2D eigenvalue weighted by atomic mass is 10.2. The zero-order valence-electron chi connectivity index (χ0n) is 16.1. The van der Waals surface area contributed by atoms with E-state index in [0.29, 0.717) is 30.1 Å². The number of nitrogens with one attached hydrogen (secondary N) is 1. The summed E-state index contributed by atoms with van der Waals surface area (Å²) in [4.78, 5) is 13.0. The van der Waals surface area contributed by atoms with Crippen molar-refractivity contribution in [1.29, 1.82) is 0 Å². The molecule has 3 aromatic carbocycles. The minimum atomic E-state index is -3.83. The van der Waals surface area contributed by atoms with Gasteiger partial charge in [0.05, 0.1) is 28.9 Å². The molecule has 1 aliphatic rings. The number of methoxy groups -OCH3 is 1. The number of hydrogen-bond acceptors (Lipinski definition) is 4. The Hall–Kier alpha value is -2.84. The standard InChI is InChI=1S/C22H19BrN2O4S/c1-29-21-11-10-16(14-17(21)22(26)24-19-8-4-3-7-18(19)23)30(27,28)25-13-12-15-6-2-5-9-20(15)25/h2-11,14H,12-13H2,1H3,(H,24,26). The van der Waals surface area contributed by atoms with Crippen LogP contribution in [0.4, 0.5) is 11.4 Å². The number of sulfonamides is 1. The van der Waals surface area contributed by atoms with Crippen LogP contribution in [0.3, 0.4) is 0 Å². The van der Waals surface area contributed by atoms with Crippen LogP contribution < -0.4 is 14.4 Å². The topological polar surface area (TPSA) is 75.7 Å². The zero-order valence-corrected chi connectivity index (χ0v) is 18.5. The molecule has 1 N–H and O–H groups in total. The summed E-state index contributed by atoms with van der Waals surface area (Å²) in [5.74, 6) is -0.169. The van der Waals surface area contributed by atoms with Crippen LogP contribution in [0.1, 0.15) is 15.9 Å². The van der Waals surface area contributed by atoms with Crippen LogP contribution in [0.2, 0.25) is 0 Å². The smallest absolute Gasteiger partial charge is 0.264 e. The van der Waals surface area contributed by atoms with E-state index in [-0.39, 0.29) is 10.5 Å². The van der Waals surface area contributed by atoms with E-state index >= 15 is 0 Å². The van der Waals surface area contributed by atoms with Crippen LogP contribution in [0.25, 0.3) is 0 Å². The van der Waals surface area contributed by atoms with Gasteiger partial charge in [0, 0.05) is 11.0 Å². The Balaban J connectivity index is 1.71. The first-order chi connectivity index (χ1) is 14.4. The van der Waals surface area contributed by atoms with Gasteiger partial charge in [-0.25, -0.2) is 8.42 Å².